The largest absolute Gasteiger partial charge is 0.495 e. The molecule has 0 aliphatic carbocycles. The van der Waals surface area contributed by atoms with E-state index >= 15 is 0 Å². The van der Waals surface area contributed by atoms with Gasteiger partial charge in [0.25, 0.3) is 11.1 Å². The first-order chi connectivity index (χ1) is 16.1. The molecule has 7 nitrogen and oxygen atoms in total. The summed E-state index contributed by atoms with van der Waals surface area (Å²) in [6.45, 7) is 1.92. The number of aromatic amines is 1. The number of hydrogen-bond acceptors (Lipinski definition) is 6. The average molecular weight is 457 g/mol. The van der Waals surface area contributed by atoms with Crippen LogP contribution in [0.3, 0.4) is 0 Å². The fourth-order valence-electron chi connectivity index (χ4n) is 3.73. The number of para-hydroxylation sites is 4. The molecule has 5 aromatic rings. The summed E-state index contributed by atoms with van der Waals surface area (Å²) >= 11 is 1.35. The van der Waals surface area contributed by atoms with E-state index in [-0.39, 0.29) is 16.4 Å². The molecule has 3 aromatic carbocycles. The third kappa shape index (κ3) is 3.78. The van der Waals surface area contributed by atoms with Gasteiger partial charge in [0.2, 0.25) is 0 Å². The van der Waals surface area contributed by atoms with Crippen LogP contribution in [0.25, 0.3) is 27.5 Å². The Morgan fingerprint density at radius 3 is 2.27 bits per heavy atom. The number of aromatic nitrogens is 4. The number of benzene rings is 3. The molecule has 2 aromatic heterocycles. The Bertz CT molecular complexity index is 1610. The van der Waals surface area contributed by atoms with E-state index in [0.717, 1.165) is 0 Å². The summed E-state index contributed by atoms with van der Waals surface area (Å²) in [7, 11) is 1.57. The second-order valence-electron chi connectivity index (χ2n) is 7.45. The molecule has 8 heteroatoms. The SMILES string of the molecule is COc1ccccc1-n1c(SC(C)c2nc3ccccc3c(=O)[nH]2)nc2ccccc2c1=O. The average Bonchev–Trinajstić information content (AvgIpc) is 2.84. The molecule has 1 unspecified atom stereocenters. The third-order valence-electron chi connectivity index (χ3n) is 5.37. The lowest BCUT2D eigenvalue weighted by atomic mass is 10.2. The first kappa shape index (κ1) is 21.0. The normalized spacial score (nSPS) is 12.2. The van der Waals surface area contributed by atoms with E-state index in [9.17, 15) is 9.59 Å². The zero-order valence-electron chi connectivity index (χ0n) is 18.0. The van der Waals surface area contributed by atoms with E-state index in [1.807, 2.05) is 61.5 Å². The highest BCUT2D eigenvalue weighted by atomic mass is 32.2. The molecule has 0 bridgehead atoms. The molecule has 5 rings (SSSR count). The zero-order chi connectivity index (χ0) is 22.9. The summed E-state index contributed by atoms with van der Waals surface area (Å²) in [5, 5.41) is 1.24. The van der Waals surface area contributed by atoms with Gasteiger partial charge >= 0.3 is 0 Å². The maximum absolute atomic E-state index is 13.5. The summed E-state index contributed by atoms with van der Waals surface area (Å²) in [5.74, 6) is 1.07. The van der Waals surface area contributed by atoms with Gasteiger partial charge in [-0.3, -0.25) is 14.2 Å². The number of hydrogen-bond donors (Lipinski definition) is 1. The van der Waals surface area contributed by atoms with E-state index in [0.29, 0.717) is 44.2 Å². The second kappa shape index (κ2) is 8.55. The van der Waals surface area contributed by atoms with Crippen molar-refractivity contribution in [1.82, 2.24) is 19.5 Å². The molecule has 0 radical (unpaired) electrons. The van der Waals surface area contributed by atoms with Crippen LogP contribution in [0.4, 0.5) is 0 Å². The van der Waals surface area contributed by atoms with Crippen molar-refractivity contribution in [1.29, 1.82) is 0 Å². The van der Waals surface area contributed by atoms with Crippen molar-refractivity contribution in [3.8, 4) is 11.4 Å². The molecule has 0 aliphatic rings. The predicted molar refractivity (Wildman–Crippen MR) is 131 cm³/mol. The Labute approximate surface area is 193 Å². The van der Waals surface area contributed by atoms with E-state index in [4.69, 9.17) is 9.72 Å². The molecular weight excluding hydrogens is 436 g/mol. The number of nitrogens with zero attached hydrogens (tertiary/aromatic N) is 3. The van der Waals surface area contributed by atoms with Crippen molar-refractivity contribution in [2.45, 2.75) is 17.3 Å². The highest BCUT2D eigenvalue weighted by Crippen LogP contribution is 2.34. The van der Waals surface area contributed by atoms with Crippen molar-refractivity contribution in [2.75, 3.05) is 7.11 Å². The number of H-pyrrole nitrogens is 1. The van der Waals surface area contributed by atoms with Gasteiger partial charge in [0.05, 0.1) is 39.9 Å². The molecule has 0 saturated heterocycles. The fourth-order valence-corrected chi connectivity index (χ4v) is 4.71. The molecule has 1 N–H and O–H groups in total. The summed E-state index contributed by atoms with van der Waals surface area (Å²) in [5.41, 5.74) is 1.43. The van der Waals surface area contributed by atoms with Crippen molar-refractivity contribution in [2.24, 2.45) is 0 Å². The van der Waals surface area contributed by atoms with Crippen molar-refractivity contribution in [3.63, 3.8) is 0 Å². The number of methoxy groups -OCH3 is 1. The lowest BCUT2D eigenvalue weighted by Gasteiger charge is -2.18. The van der Waals surface area contributed by atoms with Crippen LogP contribution in [-0.2, 0) is 0 Å². The number of thioether (sulfide) groups is 1. The first-order valence-electron chi connectivity index (χ1n) is 10.4. The molecule has 0 fully saturated rings. The van der Waals surface area contributed by atoms with Crippen LogP contribution in [0.1, 0.15) is 18.0 Å². The van der Waals surface area contributed by atoms with E-state index in [1.54, 1.807) is 29.9 Å². The first-order valence-corrected chi connectivity index (χ1v) is 11.3. The molecular formula is C25H20N4O3S. The summed E-state index contributed by atoms with van der Waals surface area (Å²) in [6.07, 6.45) is 0. The molecule has 2 heterocycles. The Hall–Kier alpha value is -3.91. The quantitative estimate of drug-likeness (QED) is 0.310. The summed E-state index contributed by atoms with van der Waals surface area (Å²) in [4.78, 5) is 38.4. The van der Waals surface area contributed by atoms with Crippen molar-refractivity contribution < 1.29 is 4.74 Å². The molecule has 0 amide bonds. The van der Waals surface area contributed by atoms with Crippen LogP contribution in [0, 0.1) is 0 Å². The lowest BCUT2D eigenvalue weighted by molar-refractivity contribution is 0.411. The van der Waals surface area contributed by atoms with Gasteiger partial charge in [-0.1, -0.05) is 48.2 Å². The van der Waals surface area contributed by atoms with E-state index in [2.05, 4.69) is 9.97 Å². The minimum absolute atomic E-state index is 0.195. The van der Waals surface area contributed by atoms with Gasteiger partial charge in [-0.05, 0) is 43.3 Å². The maximum atomic E-state index is 13.5. The van der Waals surface area contributed by atoms with Gasteiger partial charge in [0.15, 0.2) is 5.16 Å². The second-order valence-corrected chi connectivity index (χ2v) is 8.76. The molecule has 164 valence electrons. The minimum atomic E-state index is -0.281. The molecule has 0 saturated carbocycles. The summed E-state index contributed by atoms with van der Waals surface area (Å²) < 4.78 is 7.08. The molecule has 1 atom stereocenters. The zero-order valence-corrected chi connectivity index (χ0v) is 18.8. The Kier molecular flexibility index (Phi) is 5.43. The third-order valence-corrected chi connectivity index (χ3v) is 6.43. The molecule has 0 spiro atoms. The van der Waals surface area contributed by atoms with Crippen LogP contribution >= 0.6 is 11.8 Å². The van der Waals surface area contributed by atoms with Gasteiger partial charge in [0, 0.05) is 0 Å². The standard InChI is InChI=1S/C25H20N4O3S/c1-15(22-26-18-11-5-3-9-16(18)23(30)28-22)33-25-27-19-12-6-4-10-17(19)24(31)29(25)20-13-7-8-14-21(20)32-2/h3-15H,1-2H3,(H,26,28,30). The van der Waals surface area contributed by atoms with Crippen molar-refractivity contribution in [3.05, 3.63) is 99.3 Å². The van der Waals surface area contributed by atoms with Gasteiger partial charge in [-0.15, -0.1) is 0 Å². The summed E-state index contributed by atoms with van der Waals surface area (Å²) in [6, 6.07) is 21.8. The highest BCUT2D eigenvalue weighted by Gasteiger charge is 2.20. The number of fused-ring (bicyclic) bond motifs is 2. The van der Waals surface area contributed by atoms with Gasteiger partial charge < -0.3 is 9.72 Å². The number of ether oxygens (including phenoxy) is 1. The topological polar surface area (TPSA) is 89.9 Å². The minimum Gasteiger partial charge on any atom is -0.495 e. The predicted octanol–water partition coefficient (Wildman–Crippen LogP) is 4.48. The fraction of sp³-hybridized carbons (Fsp3) is 0.120. The van der Waals surface area contributed by atoms with Gasteiger partial charge in [-0.2, -0.15) is 0 Å². The monoisotopic (exact) mass is 456 g/mol. The van der Waals surface area contributed by atoms with Crippen LogP contribution < -0.4 is 15.9 Å². The number of nitrogens with one attached hydrogen (secondary N) is 1. The van der Waals surface area contributed by atoms with Crippen LogP contribution in [0.5, 0.6) is 5.75 Å². The number of rotatable bonds is 5. The van der Waals surface area contributed by atoms with Crippen LogP contribution in [0.2, 0.25) is 0 Å². The molecule has 0 aliphatic heterocycles. The maximum Gasteiger partial charge on any atom is 0.266 e. The van der Waals surface area contributed by atoms with Gasteiger partial charge in [-0.25, -0.2) is 9.97 Å². The van der Waals surface area contributed by atoms with Gasteiger partial charge in [0.1, 0.15) is 11.6 Å². The lowest BCUT2D eigenvalue weighted by Crippen LogP contribution is -2.22. The highest BCUT2D eigenvalue weighted by molar-refractivity contribution is 7.99. The van der Waals surface area contributed by atoms with Crippen LogP contribution in [-0.4, -0.2) is 26.6 Å². The van der Waals surface area contributed by atoms with E-state index < -0.39 is 0 Å². The van der Waals surface area contributed by atoms with Crippen LogP contribution in [0.15, 0.2) is 87.5 Å². The Balaban J connectivity index is 1.68. The smallest absolute Gasteiger partial charge is 0.266 e. The van der Waals surface area contributed by atoms with E-state index in [1.165, 1.54) is 11.8 Å². The Morgan fingerprint density at radius 2 is 1.52 bits per heavy atom. The Morgan fingerprint density at radius 1 is 0.879 bits per heavy atom. The molecule has 33 heavy (non-hydrogen) atoms. The van der Waals surface area contributed by atoms with Crippen molar-refractivity contribution >= 4 is 33.6 Å².